The number of anilines is 3. The number of hydrogen-bond acceptors (Lipinski definition) is 8. The molecule has 1 unspecified atom stereocenters. The number of hydrogen-bond donors (Lipinski definition) is 2. The summed E-state index contributed by atoms with van der Waals surface area (Å²) in [4.78, 5) is 17.8. The van der Waals surface area contributed by atoms with E-state index in [0.717, 1.165) is 34.3 Å². The number of carbonyl (C=O) groups is 1. The van der Waals surface area contributed by atoms with E-state index in [2.05, 4.69) is 25.4 Å². The molecule has 1 aliphatic rings. The highest BCUT2D eigenvalue weighted by Gasteiger charge is 2.26. The van der Waals surface area contributed by atoms with E-state index >= 15 is 0 Å². The molecule has 11 heteroatoms. The van der Waals surface area contributed by atoms with Gasteiger partial charge in [0.05, 0.1) is 37.0 Å². The molecule has 0 saturated carbocycles. The van der Waals surface area contributed by atoms with Gasteiger partial charge in [0.2, 0.25) is 10.0 Å². The van der Waals surface area contributed by atoms with Gasteiger partial charge in [0.25, 0.3) is 5.91 Å². The summed E-state index contributed by atoms with van der Waals surface area (Å²) in [5, 5.41) is 13.5. The Balaban J connectivity index is 1.63. The highest BCUT2D eigenvalue weighted by Crippen LogP contribution is 2.39. The Kier molecular flexibility index (Phi) is 7.65. The Morgan fingerprint density at radius 3 is 2.41 bits per heavy atom. The van der Waals surface area contributed by atoms with Crippen LogP contribution < -0.4 is 19.8 Å². The molecule has 206 valence electrons. The summed E-state index contributed by atoms with van der Waals surface area (Å²) in [6, 6.07) is 12.7. The van der Waals surface area contributed by atoms with Crippen LogP contribution in [-0.4, -0.2) is 39.2 Å². The van der Waals surface area contributed by atoms with Crippen molar-refractivity contribution >= 4 is 33.0 Å². The van der Waals surface area contributed by atoms with Crippen LogP contribution in [0, 0.1) is 13.8 Å². The number of methoxy groups -OCH3 is 1. The molecule has 3 aromatic rings. The first-order valence-electron chi connectivity index (χ1n) is 12.5. The average molecular weight is 551 g/mol. The van der Waals surface area contributed by atoms with Gasteiger partial charge < -0.3 is 10.1 Å². The minimum atomic E-state index is -3.59. The van der Waals surface area contributed by atoms with E-state index in [0.29, 0.717) is 17.8 Å². The number of rotatable bonds is 7. The van der Waals surface area contributed by atoms with Gasteiger partial charge in [-0.1, -0.05) is 38.1 Å². The third-order valence-electron chi connectivity index (χ3n) is 6.42. The lowest BCUT2D eigenvalue weighted by Gasteiger charge is -2.24. The fourth-order valence-corrected chi connectivity index (χ4v) is 4.78. The van der Waals surface area contributed by atoms with Crippen LogP contribution in [0.25, 0.3) is 0 Å². The molecule has 2 aromatic carbocycles. The van der Waals surface area contributed by atoms with E-state index in [1.807, 2.05) is 59.0 Å². The van der Waals surface area contributed by atoms with Crippen molar-refractivity contribution < 1.29 is 17.9 Å². The Morgan fingerprint density at radius 2 is 1.79 bits per heavy atom. The molecule has 0 fully saturated rings. The Hall–Kier alpha value is -3.99. The van der Waals surface area contributed by atoms with Gasteiger partial charge >= 0.3 is 0 Å². The Labute approximate surface area is 229 Å². The number of sulfonamides is 1. The topological polar surface area (TPSA) is 125 Å². The summed E-state index contributed by atoms with van der Waals surface area (Å²) in [7, 11) is -2.16. The number of amides is 1. The van der Waals surface area contributed by atoms with Crippen molar-refractivity contribution in [1.29, 1.82) is 0 Å². The highest BCUT2D eigenvalue weighted by molar-refractivity contribution is 7.92. The molecule has 0 saturated heterocycles. The highest BCUT2D eigenvalue weighted by atomic mass is 32.2. The SMILES string of the molecule is COc1c(NC(=O)c2ccc(C)c(N3CC(c4ccc(C)nc4)N=N3)c2)cc(C(C)(C)C)cc1NS(C)(=O)=O. The van der Waals surface area contributed by atoms with Crippen LogP contribution in [0.1, 0.15) is 59.6 Å². The van der Waals surface area contributed by atoms with Gasteiger partial charge in [-0.15, -0.1) is 0 Å². The second kappa shape index (κ2) is 10.6. The molecular formula is C28H34N6O4S. The molecule has 2 heterocycles. The van der Waals surface area contributed by atoms with E-state index in [9.17, 15) is 13.2 Å². The van der Waals surface area contributed by atoms with Gasteiger partial charge in [0.1, 0.15) is 6.04 Å². The predicted octanol–water partition coefficient (Wildman–Crippen LogP) is 5.56. The number of carbonyl (C=O) groups excluding carboxylic acids is 1. The van der Waals surface area contributed by atoms with Crippen LogP contribution in [0.3, 0.4) is 0 Å². The van der Waals surface area contributed by atoms with Crippen LogP contribution in [0.5, 0.6) is 5.75 Å². The van der Waals surface area contributed by atoms with Crippen molar-refractivity contribution in [3.8, 4) is 5.75 Å². The fraction of sp³-hybridized carbons (Fsp3) is 0.357. The van der Waals surface area contributed by atoms with E-state index in [-0.39, 0.29) is 28.8 Å². The lowest BCUT2D eigenvalue weighted by atomic mass is 9.86. The maximum absolute atomic E-state index is 13.4. The molecule has 0 radical (unpaired) electrons. The molecule has 39 heavy (non-hydrogen) atoms. The standard InChI is InChI=1S/C28H34N6O4S/c1-17-8-10-19(12-25(17)34-16-24(31-33-34)20-11-9-18(2)29-15-20)27(35)30-22-13-21(28(3,4)5)14-23(26(22)38-6)32-39(7,36)37/h8-15,24,32H,16H2,1-7H3,(H,30,35). The molecule has 0 spiro atoms. The maximum atomic E-state index is 13.4. The monoisotopic (exact) mass is 550 g/mol. The van der Waals surface area contributed by atoms with Crippen molar-refractivity contribution in [2.45, 2.75) is 46.1 Å². The van der Waals surface area contributed by atoms with Crippen LogP contribution in [0.2, 0.25) is 0 Å². The summed E-state index contributed by atoms with van der Waals surface area (Å²) in [6.45, 7) is 10.4. The van der Waals surface area contributed by atoms with Gasteiger partial charge in [-0.3, -0.25) is 14.5 Å². The number of nitrogens with zero attached hydrogens (tertiary/aromatic N) is 4. The van der Waals surface area contributed by atoms with Gasteiger partial charge in [0, 0.05) is 17.5 Å². The zero-order chi connectivity index (χ0) is 28.5. The number of benzene rings is 2. The zero-order valence-corrected chi connectivity index (χ0v) is 24.0. The number of aromatic nitrogens is 1. The first-order valence-corrected chi connectivity index (χ1v) is 14.4. The van der Waals surface area contributed by atoms with Crippen molar-refractivity contribution in [3.63, 3.8) is 0 Å². The predicted molar refractivity (Wildman–Crippen MR) is 153 cm³/mol. The summed E-state index contributed by atoms with van der Waals surface area (Å²) in [6.07, 6.45) is 2.88. The van der Waals surface area contributed by atoms with Crippen molar-refractivity contribution in [3.05, 3.63) is 76.6 Å². The van der Waals surface area contributed by atoms with Gasteiger partial charge in [-0.05, 0) is 66.3 Å². The Morgan fingerprint density at radius 1 is 1.08 bits per heavy atom. The largest absolute Gasteiger partial charge is 0.492 e. The van der Waals surface area contributed by atoms with Crippen molar-refractivity contribution in [1.82, 2.24) is 4.98 Å². The zero-order valence-electron chi connectivity index (χ0n) is 23.2. The smallest absolute Gasteiger partial charge is 0.255 e. The Bertz CT molecular complexity index is 1530. The number of ether oxygens (including phenoxy) is 1. The summed E-state index contributed by atoms with van der Waals surface area (Å²) in [5.41, 5.74) is 5.14. The molecule has 2 N–H and O–H groups in total. The van der Waals surface area contributed by atoms with Crippen LogP contribution in [-0.2, 0) is 15.4 Å². The second-order valence-corrected chi connectivity index (χ2v) is 12.5. The van der Waals surface area contributed by atoms with E-state index in [1.54, 1.807) is 29.3 Å². The van der Waals surface area contributed by atoms with Crippen molar-refractivity contribution in [2.75, 3.05) is 35.0 Å². The van der Waals surface area contributed by atoms with Crippen LogP contribution >= 0.6 is 0 Å². The first kappa shape index (κ1) is 28.0. The molecule has 1 aliphatic heterocycles. The first-order chi connectivity index (χ1) is 18.2. The van der Waals surface area contributed by atoms with Gasteiger partial charge in [-0.2, -0.15) is 5.11 Å². The quantitative estimate of drug-likeness (QED) is 0.397. The lowest BCUT2D eigenvalue weighted by molar-refractivity contribution is 0.102. The molecule has 1 amide bonds. The average Bonchev–Trinajstić information content (AvgIpc) is 3.33. The normalized spacial score (nSPS) is 15.4. The third kappa shape index (κ3) is 6.54. The molecule has 4 rings (SSSR count). The molecule has 0 bridgehead atoms. The summed E-state index contributed by atoms with van der Waals surface area (Å²) >= 11 is 0. The summed E-state index contributed by atoms with van der Waals surface area (Å²) < 4.78 is 32.1. The lowest BCUT2D eigenvalue weighted by Crippen LogP contribution is -2.20. The molecule has 0 aliphatic carbocycles. The molecule has 1 aromatic heterocycles. The fourth-order valence-electron chi connectivity index (χ4n) is 4.23. The molecular weight excluding hydrogens is 516 g/mol. The van der Waals surface area contributed by atoms with Gasteiger partial charge in [-0.25, -0.2) is 13.4 Å². The van der Waals surface area contributed by atoms with Crippen LogP contribution in [0.4, 0.5) is 17.1 Å². The summed E-state index contributed by atoms with van der Waals surface area (Å²) in [5.74, 6) is -0.154. The van der Waals surface area contributed by atoms with Crippen LogP contribution in [0.15, 0.2) is 59.0 Å². The third-order valence-corrected chi connectivity index (χ3v) is 7.01. The van der Waals surface area contributed by atoms with E-state index in [4.69, 9.17) is 4.74 Å². The number of pyridine rings is 1. The van der Waals surface area contributed by atoms with E-state index in [1.165, 1.54) is 7.11 Å². The number of aryl methyl sites for hydroxylation is 2. The van der Waals surface area contributed by atoms with Gasteiger partial charge in [0.15, 0.2) is 5.75 Å². The molecule has 1 atom stereocenters. The maximum Gasteiger partial charge on any atom is 0.255 e. The minimum absolute atomic E-state index is 0.153. The second-order valence-electron chi connectivity index (χ2n) is 10.7. The van der Waals surface area contributed by atoms with E-state index < -0.39 is 10.0 Å². The minimum Gasteiger partial charge on any atom is -0.492 e. The van der Waals surface area contributed by atoms with Crippen molar-refractivity contribution in [2.24, 2.45) is 10.3 Å². The number of nitrogens with one attached hydrogen (secondary N) is 2. The molecule has 10 nitrogen and oxygen atoms in total.